The summed E-state index contributed by atoms with van der Waals surface area (Å²) in [6, 6.07) is 7.32. The minimum absolute atomic E-state index is 0.0397. The number of nitrogens with zero attached hydrogens (tertiary/aromatic N) is 3. The van der Waals surface area contributed by atoms with Gasteiger partial charge in [0.05, 0.1) is 7.11 Å². The lowest BCUT2D eigenvalue weighted by atomic mass is 10.2. The third kappa shape index (κ3) is 4.44. The normalized spacial score (nSPS) is 13.1. The average molecular weight is 359 g/mol. The van der Waals surface area contributed by atoms with Gasteiger partial charge in [-0.15, -0.1) is 0 Å². The molecule has 2 amide bonds. The van der Waals surface area contributed by atoms with Gasteiger partial charge in [-0.2, -0.15) is 5.10 Å². The van der Waals surface area contributed by atoms with Gasteiger partial charge in [-0.3, -0.25) is 4.57 Å². The number of carbonyl (C=O) groups is 1. The lowest BCUT2D eigenvalue weighted by Gasteiger charge is -2.09. The summed E-state index contributed by atoms with van der Waals surface area (Å²) in [6.07, 6.45) is 3.65. The van der Waals surface area contributed by atoms with Crippen LogP contribution < -0.4 is 21.1 Å². The Hall–Kier alpha value is -2.77. The van der Waals surface area contributed by atoms with Gasteiger partial charge in [-0.25, -0.2) is 14.3 Å². The molecule has 140 valence electrons. The first kappa shape index (κ1) is 18.0. The van der Waals surface area contributed by atoms with E-state index in [1.54, 1.807) is 11.7 Å². The van der Waals surface area contributed by atoms with E-state index in [1.165, 1.54) is 4.68 Å². The van der Waals surface area contributed by atoms with Crippen molar-refractivity contribution in [3.8, 4) is 5.75 Å². The zero-order valence-electron chi connectivity index (χ0n) is 15.0. The SMILES string of the molecule is COc1cccc(CNC(=O)NCCCn2nc3n(c2=O)CCCC3)c1. The summed E-state index contributed by atoms with van der Waals surface area (Å²) in [5.41, 5.74) is 0.928. The number of urea groups is 1. The minimum Gasteiger partial charge on any atom is -0.497 e. The van der Waals surface area contributed by atoms with Crippen molar-refractivity contribution in [3.63, 3.8) is 0 Å². The van der Waals surface area contributed by atoms with Crippen LogP contribution in [0, 0.1) is 0 Å². The zero-order chi connectivity index (χ0) is 18.4. The minimum atomic E-state index is -0.232. The molecule has 2 heterocycles. The number of methoxy groups -OCH3 is 1. The van der Waals surface area contributed by atoms with Crippen LogP contribution in [0.3, 0.4) is 0 Å². The van der Waals surface area contributed by atoms with Gasteiger partial charge in [0.1, 0.15) is 11.6 Å². The molecular formula is C18H25N5O3. The summed E-state index contributed by atoms with van der Waals surface area (Å²) in [4.78, 5) is 24.1. The lowest BCUT2D eigenvalue weighted by molar-refractivity contribution is 0.240. The molecule has 0 spiro atoms. The molecule has 3 rings (SSSR count). The molecule has 2 N–H and O–H groups in total. The summed E-state index contributed by atoms with van der Waals surface area (Å²) >= 11 is 0. The fraction of sp³-hybridized carbons (Fsp3) is 0.500. The number of carbonyl (C=O) groups excluding carboxylic acids is 1. The summed E-state index contributed by atoms with van der Waals surface area (Å²) in [7, 11) is 1.61. The van der Waals surface area contributed by atoms with Crippen molar-refractivity contribution in [1.29, 1.82) is 0 Å². The number of amides is 2. The summed E-state index contributed by atoms with van der Waals surface area (Å²) < 4.78 is 8.43. The van der Waals surface area contributed by atoms with E-state index in [0.717, 1.165) is 42.9 Å². The first-order valence-electron chi connectivity index (χ1n) is 8.98. The number of ether oxygens (including phenoxy) is 1. The van der Waals surface area contributed by atoms with Crippen molar-refractivity contribution >= 4 is 6.03 Å². The van der Waals surface area contributed by atoms with Crippen molar-refractivity contribution in [2.24, 2.45) is 0 Å². The first-order valence-corrected chi connectivity index (χ1v) is 8.98. The quantitative estimate of drug-likeness (QED) is 0.729. The average Bonchev–Trinajstić information content (AvgIpc) is 3.00. The molecule has 0 bridgehead atoms. The van der Waals surface area contributed by atoms with Crippen molar-refractivity contribution in [2.75, 3.05) is 13.7 Å². The highest BCUT2D eigenvalue weighted by Gasteiger charge is 2.16. The van der Waals surface area contributed by atoms with E-state index in [0.29, 0.717) is 26.1 Å². The summed E-state index contributed by atoms with van der Waals surface area (Å²) in [6.45, 7) is 2.18. The molecule has 0 unspecified atom stereocenters. The third-order valence-corrected chi connectivity index (χ3v) is 4.45. The van der Waals surface area contributed by atoms with Crippen molar-refractivity contribution in [3.05, 3.63) is 46.1 Å². The Labute approximate surface area is 152 Å². The molecular weight excluding hydrogens is 334 g/mol. The molecule has 26 heavy (non-hydrogen) atoms. The number of benzene rings is 1. The monoisotopic (exact) mass is 359 g/mol. The Balaban J connectivity index is 1.39. The highest BCUT2D eigenvalue weighted by molar-refractivity contribution is 5.73. The second kappa shape index (κ2) is 8.55. The maximum atomic E-state index is 12.2. The van der Waals surface area contributed by atoms with Crippen molar-refractivity contribution < 1.29 is 9.53 Å². The molecule has 2 aromatic rings. The van der Waals surface area contributed by atoms with Crippen LogP contribution in [0.15, 0.2) is 29.1 Å². The maximum absolute atomic E-state index is 12.2. The molecule has 1 aliphatic rings. The van der Waals surface area contributed by atoms with Crippen LogP contribution >= 0.6 is 0 Å². The van der Waals surface area contributed by atoms with E-state index in [1.807, 2.05) is 24.3 Å². The molecule has 1 aromatic heterocycles. The lowest BCUT2D eigenvalue weighted by Crippen LogP contribution is -2.36. The fourth-order valence-corrected chi connectivity index (χ4v) is 3.05. The number of aromatic nitrogens is 3. The number of fused-ring (bicyclic) bond motifs is 1. The number of nitrogens with one attached hydrogen (secondary N) is 2. The van der Waals surface area contributed by atoms with Crippen LogP contribution in [0.2, 0.25) is 0 Å². The van der Waals surface area contributed by atoms with Crippen LogP contribution in [-0.2, 0) is 26.1 Å². The Morgan fingerprint density at radius 2 is 2.19 bits per heavy atom. The Kier molecular flexibility index (Phi) is 5.93. The van der Waals surface area contributed by atoms with Gasteiger partial charge in [0.15, 0.2) is 0 Å². The number of rotatable bonds is 7. The third-order valence-electron chi connectivity index (χ3n) is 4.45. The number of hydrogen-bond acceptors (Lipinski definition) is 4. The van der Waals surface area contributed by atoms with Crippen LogP contribution in [-0.4, -0.2) is 34.0 Å². The molecule has 0 fully saturated rings. The standard InChI is InChI=1S/C18H25N5O3/c1-26-15-7-4-6-14(12-15)13-20-17(24)19-9-5-11-23-18(25)22-10-3-2-8-16(22)21-23/h4,6-7,12H,2-3,5,8-11,13H2,1H3,(H2,19,20,24). The second-order valence-electron chi connectivity index (χ2n) is 6.35. The van der Waals surface area contributed by atoms with Crippen LogP contribution in [0.4, 0.5) is 4.79 Å². The van der Waals surface area contributed by atoms with Gasteiger partial charge >= 0.3 is 11.7 Å². The van der Waals surface area contributed by atoms with Crippen molar-refractivity contribution in [2.45, 2.75) is 45.3 Å². The van der Waals surface area contributed by atoms with Crippen LogP contribution in [0.1, 0.15) is 30.7 Å². The van der Waals surface area contributed by atoms with E-state index >= 15 is 0 Å². The fourth-order valence-electron chi connectivity index (χ4n) is 3.05. The zero-order valence-corrected chi connectivity index (χ0v) is 15.0. The summed E-state index contributed by atoms with van der Waals surface area (Å²) in [5.74, 6) is 1.64. The molecule has 0 atom stereocenters. The second-order valence-corrected chi connectivity index (χ2v) is 6.35. The predicted octanol–water partition coefficient (Wildman–Crippen LogP) is 1.28. The first-order chi connectivity index (χ1) is 12.7. The van der Waals surface area contributed by atoms with Crippen LogP contribution in [0.5, 0.6) is 5.75 Å². The van der Waals surface area contributed by atoms with Crippen molar-refractivity contribution in [1.82, 2.24) is 25.0 Å². The highest BCUT2D eigenvalue weighted by Crippen LogP contribution is 2.12. The van der Waals surface area contributed by atoms with Gasteiger partial charge in [0, 0.05) is 32.6 Å². The van der Waals surface area contributed by atoms with Gasteiger partial charge in [-0.05, 0) is 37.0 Å². The van der Waals surface area contributed by atoms with Crippen LogP contribution in [0.25, 0.3) is 0 Å². The maximum Gasteiger partial charge on any atom is 0.345 e. The smallest absolute Gasteiger partial charge is 0.345 e. The van der Waals surface area contributed by atoms with E-state index in [2.05, 4.69) is 15.7 Å². The Morgan fingerprint density at radius 3 is 3.00 bits per heavy atom. The van der Waals surface area contributed by atoms with Gasteiger partial charge in [0.2, 0.25) is 0 Å². The molecule has 0 radical (unpaired) electrons. The molecule has 1 aliphatic heterocycles. The topological polar surface area (TPSA) is 90.2 Å². The molecule has 8 nitrogen and oxygen atoms in total. The van der Waals surface area contributed by atoms with Gasteiger partial charge in [0.25, 0.3) is 0 Å². The number of hydrogen-bond donors (Lipinski definition) is 2. The highest BCUT2D eigenvalue weighted by atomic mass is 16.5. The molecule has 0 aliphatic carbocycles. The van der Waals surface area contributed by atoms with E-state index in [-0.39, 0.29) is 11.7 Å². The molecule has 0 saturated carbocycles. The Bertz CT molecular complexity index is 811. The van der Waals surface area contributed by atoms with Gasteiger partial charge in [-0.1, -0.05) is 12.1 Å². The van der Waals surface area contributed by atoms with E-state index in [9.17, 15) is 9.59 Å². The molecule has 8 heteroatoms. The number of aryl methyl sites for hydroxylation is 2. The molecule has 0 saturated heterocycles. The van der Waals surface area contributed by atoms with E-state index in [4.69, 9.17) is 4.74 Å². The largest absolute Gasteiger partial charge is 0.497 e. The van der Waals surface area contributed by atoms with E-state index < -0.39 is 0 Å². The van der Waals surface area contributed by atoms with Gasteiger partial charge < -0.3 is 15.4 Å². The molecule has 1 aromatic carbocycles. The predicted molar refractivity (Wildman–Crippen MR) is 97.3 cm³/mol. The Morgan fingerprint density at radius 1 is 1.31 bits per heavy atom. The summed E-state index contributed by atoms with van der Waals surface area (Å²) in [5, 5.41) is 9.99.